The van der Waals surface area contributed by atoms with Crippen LogP contribution >= 0.6 is 0 Å². The van der Waals surface area contributed by atoms with Gasteiger partial charge in [-0.3, -0.25) is 0 Å². The Hall–Kier alpha value is -1.06. The normalized spacial score (nSPS) is 8.18. The van der Waals surface area contributed by atoms with Crippen LogP contribution in [0.3, 0.4) is 0 Å². The minimum atomic E-state index is 0. The molecule has 0 radical (unpaired) electrons. The van der Waals surface area contributed by atoms with Gasteiger partial charge in [0.05, 0.1) is 0 Å². The molecule has 0 fully saturated rings. The summed E-state index contributed by atoms with van der Waals surface area (Å²) in [4.78, 5) is 2.72. The zero-order valence-electron chi connectivity index (χ0n) is 12.1. The molecule has 3 aromatic rings. The summed E-state index contributed by atoms with van der Waals surface area (Å²) >= 11 is 14.4. The molecule has 0 aromatic heterocycles. The molecular weight excluding hydrogens is 378 g/mol. The summed E-state index contributed by atoms with van der Waals surface area (Å²) in [5.41, 5.74) is 0. The third kappa shape index (κ3) is 11.6. The number of hydrogen-bond acceptors (Lipinski definition) is 3. The molecule has 0 aliphatic heterocycles. The summed E-state index contributed by atoms with van der Waals surface area (Å²) in [6.45, 7) is 0. The molecule has 3 rings (SSSR count). The molecule has 0 amide bonds. The van der Waals surface area contributed by atoms with Crippen LogP contribution in [-0.4, -0.2) is 0 Å². The summed E-state index contributed by atoms with van der Waals surface area (Å²) in [6.07, 6.45) is 0. The average molecular weight is 393 g/mol. The molecule has 0 heterocycles. The van der Waals surface area contributed by atoms with E-state index in [0.29, 0.717) is 0 Å². The van der Waals surface area contributed by atoms with Crippen LogP contribution in [0.5, 0.6) is 0 Å². The van der Waals surface area contributed by atoms with Gasteiger partial charge in [0.1, 0.15) is 0 Å². The van der Waals surface area contributed by atoms with Crippen molar-refractivity contribution in [1.82, 2.24) is 0 Å². The van der Waals surface area contributed by atoms with Gasteiger partial charge in [0.2, 0.25) is 0 Å². The Kier molecular flexibility index (Phi) is 12.9. The van der Waals surface area contributed by atoms with E-state index in [1.807, 2.05) is 91.0 Å². The number of rotatable bonds is 0. The number of benzene rings is 3. The minimum Gasteiger partial charge on any atom is -0.780 e. The molecular formula is C18H15S3Zn-. The minimum absolute atomic E-state index is 0. The molecule has 0 unspecified atom stereocenters. The van der Waals surface area contributed by atoms with Crippen LogP contribution in [0.15, 0.2) is 106 Å². The van der Waals surface area contributed by atoms with Gasteiger partial charge in [-0.25, -0.2) is 0 Å². The van der Waals surface area contributed by atoms with Gasteiger partial charge in [-0.15, -0.1) is 0 Å². The summed E-state index contributed by atoms with van der Waals surface area (Å²) in [5, 5.41) is 0. The molecule has 0 aliphatic carbocycles. The van der Waals surface area contributed by atoms with Gasteiger partial charge in [-0.1, -0.05) is 91.0 Å². The van der Waals surface area contributed by atoms with Crippen molar-refractivity contribution in [2.24, 2.45) is 0 Å². The van der Waals surface area contributed by atoms with Gasteiger partial charge in [0.25, 0.3) is 0 Å². The Labute approximate surface area is 162 Å². The third-order valence-electron chi connectivity index (χ3n) is 2.23. The van der Waals surface area contributed by atoms with Gasteiger partial charge in [-0.2, -0.15) is 14.7 Å². The van der Waals surface area contributed by atoms with Crippen molar-refractivity contribution in [2.45, 2.75) is 14.7 Å². The molecule has 0 bridgehead atoms. The Morgan fingerprint density at radius 2 is 0.545 bits per heavy atom. The maximum absolute atomic E-state index is 4.81. The van der Waals surface area contributed by atoms with Gasteiger partial charge in [0, 0.05) is 0 Å². The smallest absolute Gasteiger partial charge is 0.780 e. The van der Waals surface area contributed by atoms with Crippen LogP contribution in [0.1, 0.15) is 0 Å². The van der Waals surface area contributed by atoms with Crippen LogP contribution in [0.4, 0.5) is 0 Å². The van der Waals surface area contributed by atoms with Crippen molar-refractivity contribution < 1.29 is 19.5 Å². The fraction of sp³-hybridized carbons (Fsp3) is 0. The molecule has 108 valence electrons. The topological polar surface area (TPSA) is 0 Å². The van der Waals surface area contributed by atoms with Crippen molar-refractivity contribution in [2.75, 3.05) is 0 Å². The first-order chi connectivity index (χ1) is 10.2. The zero-order chi connectivity index (χ0) is 15.3. The molecule has 0 spiro atoms. The summed E-state index contributed by atoms with van der Waals surface area (Å²) in [5.74, 6) is 0. The van der Waals surface area contributed by atoms with E-state index >= 15 is 0 Å². The average Bonchev–Trinajstić information content (AvgIpc) is 2.51. The predicted octanol–water partition coefficient (Wildman–Crippen LogP) is 4.77. The van der Waals surface area contributed by atoms with Crippen molar-refractivity contribution in [3.8, 4) is 0 Å². The fourth-order valence-corrected chi connectivity index (χ4v) is 1.73. The van der Waals surface area contributed by atoms with E-state index in [9.17, 15) is 0 Å². The predicted molar refractivity (Wildman–Crippen MR) is 96.2 cm³/mol. The molecule has 0 saturated carbocycles. The van der Waals surface area contributed by atoms with E-state index in [0.717, 1.165) is 14.7 Å². The Bertz CT molecular complexity index is 497. The van der Waals surface area contributed by atoms with Gasteiger partial charge >= 0.3 is 19.5 Å². The Morgan fingerprint density at radius 3 is 0.636 bits per heavy atom. The molecule has 0 atom stereocenters. The summed E-state index contributed by atoms with van der Waals surface area (Å²) in [7, 11) is 0. The molecule has 4 heteroatoms. The zero-order valence-corrected chi connectivity index (χ0v) is 17.5. The van der Waals surface area contributed by atoms with Crippen molar-refractivity contribution in [3.63, 3.8) is 0 Å². The van der Waals surface area contributed by atoms with Crippen LogP contribution in [0.25, 0.3) is 0 Å². The quantitative estimate of drug-likeness (QED) is 0.399. The van der Waals surface area contributed by atoms with E-state index in [1.54, 1.807) is 0 Å². The monoisotopic (exact) mass is 391 g/mol. The van der Waals surface area contributed by atoms with Gasteiger partial charge in [0.15, 0.2) is 0 Å². The van der Waals surface area contributed by atoms with E-state index in [2.05, 4.69) is 0 Å². The Morgan fingerprint density at radius 1 is 0.364 bits per heavy atom. The fourth-order valence-electron chi connectivity index (χ4n) is 1.26. The molecule has 22 heavy (non-hydrogen) atoms. The van der Waals surface area contributed by atoms with E-state index in [1.165, 1.54) is 0 Å². The van der Waals surface area contributed by atoms with Crippen molar-refractivity contribution >= 4 is 37.9 Å². The second-order valence-electron chi connectivity index (χ2n) is 3.94. The van der Waals surface area contributed by atoms with Gasteiger partial charge in [-0.05, 0) is 0 Å². The first-order valence-electron chi connectivity index (χ1n) is 6.34. The Balaban J connectivity index is 0.000000294. The number of hydrogen-bond donors (Lipinski definition) is 0. The van der Waals surface area contributed by atoms with E-state index in [-0.39, 0.29) is 19.5 Å². The largest absolute Gasteiger partial charge is 2.00 e. The van der Waals surface area contributed by atoms with Crippen LogP contribution < -0.4 is 0 Å². The molecule has 0 aliphatic rings. The SMILES string of the molecule is [S-]c1ccccc1.[S-]c1ccccc1.[S-]c1ccccc1.[Zn+2]. The van der Waals surface area contributed by atoms with Crippen LogP contribution in [0.2, 0.25) is 0 Å². The maximum Gasteiger partial charge on any atom is 2.00 e. The van der Waals surface area contributed by atoms with Gasteiger partial charge < -0.3 is 37.9 Å². The molecule has 3 aromatic carbocycles. The van der Waals surface area contributed by atoms with Crippen LogP contribution in [-0.2, 0) is 57.4 Å². The maximum atomic E-state index is 4.81. The molecule has 0 nitrogen and oxygen atoms in total. The second kappa shape index (κ2) is 13.6. The summed E-state index contributed by atoms with van der Waals surface area (Å²) < 4.78 is 0. The standard InChI is InChI=1S/3C6H6S.Zn/c3*7-6-4-2-1-3-5-6;/h3*1-5,7H;/q;;;+2/p-3. The van der Waals surface area contributed by atoms with Crippen molar-refractivity contribution in [3.05, 3.63) is 91.0 Å². The summed E-state index contributed by atoms with van der Waals surface area (Å²) in [6, 6.07) is 28.8. The van der Waals surface area contributed by atoms with E-state index < -0.39 is 0 Å². The molecule has 0 N–H and O–H groups in total. The van der Waals surface area contributed by atoms with Crippen molar-refractivity contribution in [1.29, 1.82) is 0 Å². The third-order valence-corrected chi connectivity index (χ3v) is 3.05. The van der Waals surface area contributed by atoms with E-state index in [4.69, 9.17) is 37.9 Å². The second-order valence-corrected chi connectivity index (χ2v) is 5.35. The first kappa shape index (κ1) is 20.9. The first-order valence-corrected chi connectivity index (χ1v) is 7.57. The molecule has 0 saturated heterocycles. The van der Waals surface area contributed by atoms with Crippen LogP contribution in [0, 0.1) is 0 Å².